The summed E-state index contributed by atoms with van der Waals surface area (Å²) in [7, 11) is 1.64. The fourth-order valence-electron chi connectivity index (χ4n) is 3.12. The van der Waals surface area contributed by atoms with Crippen LogP contribution in [0.15, 0.2) is 66.0 Å². The SMILES string of the molecule is COc1cccc(-c2csc(-n3nc(C)cc3NC(=O)CCc3ccccc3)n2)c1. The second-order valence-electron chi connectivity index (χ2n) is 6.86. The molecule has 2 aromatic heterocycles. The normalized spacial score (nSPS) is 10.7. The summed E-state index contributed by atoms with van der Waals surface area (Å²) < 4.78 is 6.98. The van der Waals surface area contributed by atoms with Crippen LogP contribution in [0.25, 0.3) is 16.4 Å². The number of carbonyl (C=O) groups excluding carboxylic acids is 1. The van der Waals surface area contributed by atoms with Crippen LogP contribution < -0.4 is 10.1 Å². The molecule has 0 radical (unpaired) electrons. The standard InChI is InChI=1S/C23H22N4O2S/c1-16-13-21(25-22(28)12-11-17-7-4-3-5-8-17)27(26-16)23-24-20(15-30-23)18-9-6-10-19(14-18)29-2/h3-10,13-15H,11-12H2,1-2H3,(H,25,28). The van der Waals surface area contributed by atoms with Gasteiger partial charge in [0.1, 0.15) is 11.6 Å². The number of nitrogens with zero attached hydrogens (tertiary/aromatic N) is 3. The second kappa shape index (κ2) is 8.92. The van der Waals surface area contributed by atoms with Crippen molar-refractivity contribution >= 4 is 23.1 Å². The third kappa shape index (κ3) is 4.58. The van der Waals surface area contributed by atoms with Gasteiger partial charge in [-0.25, -0.2) is 4.98 Å². The number of anilines is 1. The molecule has 4 aromatic rings. The third-order valence-corrected chi connectivity index (χ3v) is 5.44. The van der Waals surface area contributed by atoms with E-state index in [0.717, 1.165) is 28.3 Å². The van der Waals surface area contributed by atoms with E-state index in [2.05, 4.69) is 10.4 Å². The van der Waals surface area contributed by atoms with Crippen LogP contribution >= 0.6 is 11.3 Å². The summed E-state index contributed by atoms with van der Waals surface area (Å²) in [5, 5.41) is 10.2. The van der Waals surface area contributed by atoms with E-state index in [1.165, 1.54) is 11.3 Å². The van der Waals surface area contributed by atoms with Gasteiger partial charge in [-0.15, -0.1) is 11.3 Å². The summed E-state index contributed by atoms with van der Waals surface area (Å²) in [5.74, 6) is 1.35. The first-order valence-corrected chi connectivity index (χ1v) is 10.5. The molecule has 0 unspecified atom stereocenters. The van der Waals surface area contributed by atoms with Crippen LogP contribution in [-0.2, 0) is 11.2 Å². The average molecular weight is 419 g/mol. The van der Waals surface area contributed by atoms with Gasteiger partial charge in [0.05, 0.1) is 18.5 Å². The number of aryl methyl sites for hydroxylation is 2. The molecule has 0 fully saturated rings. The van der Waals surface area contributed by atoms with Crippen LogP contribution in [0.4, 0.5) is 5.82 Å². The molecule has 4 rings (SSSR count). The zero-order valence-electron chi connectivity index (χ0n) is 16.8. The van der Waals surface area contributed by atoms with Crippen molar-refractivity contribution in [3.63, 3.8) is 0 Å². The van der Waals surface area contributed by atoms with Crippen molar-refractivity contribution in [3.05, 3.63) is 77.3 Å². The highest BCUT2D eigenvalue weighted by atomic mass is 32.1. The molecular formula is C23H22N4O2S. The number of ether oxygens (including phenoxy) is 1. The molecular weight excluding hydrogens is 396 g/mol. The van der Waals surface area contributed by atoms with E-state index in [1.54, 1.807) is 11.8 Å². The van der Waals surface area contributed by atoms with Crippen molar-refractivity contribution in [1.82, 2.24) is 14.8 Å². The zero-order valence-corrected chi connectivity index (χ0v) is 17.6. The number of methoxy groups -OCH3 is 1. The number of carbonyl (C=O) groups is 1. The number of thiazole rings is 1. The van der Waals surface area contributed by atoms with Gasteiger partial charge < -0.3 is 10.1 Å². The summed E-state index contributed by atoms with van der Waals surface area (Å²) >= 11 is 1.47. The molecule has 0 bridgehead atoms. The lowest BCUT2D eigenvalue weighted by atomic mass is 10.1. The van der Waals surface area contributed by atoms with Gasteiger partial charge in [0.25, 0.3) is 0 Å². The number of hydrogen-bond donors (Lipinski definition) is 1. The molecule has 2 heterocycles. The van der Waals surface area contributed by atoms with E-state index in [9.17, 15) is 4.79 Å². The van der Waals surface area contributed by atoms with Gasteiger partial charge >= 0.3 is 0 Å². The Hall–Kier alpha value is -3.45. The van der Waals surface area contributed by atoms with Crippen molar-refractivity contribution in [3.8, 4) is 22.1 Å². The van der Waals surface area contributed by atoms with Crippen molar-refractivity contribution in [2.24, 2.45) is 0 Å². The van der Waals surface area contributed by atoms with Gasteiger partial charge in [-0.3, -0.25) is 4.79 Å². The van der Waals surface area contributed by atoms with Crippen LogP contribution in [0, 0.1) is 6.92 Å². The Morgan fingerprint density at radius 1 is 1.13 bits per heavy atom. The molecule has 152 valence electrons. The van der Waals surface area contributed by atoms with E-state index in [1.807, 2.05) is 73.0 Å². The minimum absolute atomic E-state index is 0.0513. The Balaban J connectivity index is 1.50. The predicted molar refractivity (Wildman–Crippen MR) is 119 cm³/mol. The Morgan fingerprint density at radius 2 is 1.97 bits per heavy atom. The molecule has 1 N–H and O–H groups in total. The largest absolute Gasteiger partial charge is 0.497 e. The summed E-state index contributed by atoms with van der Waals surface area (Å²) in [6, 6.07) is 19.6. The summed E-state index contributed by atoms with van der Waals surface area (Å²) in [4.78, 5) is 17.2. The second-order valence-corrected chi connectivity index (χ2v) is 7.70. The number of amides is 1. The van der Waals surface area contributed by atoms with E-state index < -0.39 is 0 Å². The first-order chi connectivity index (χ1) is 14.6. The first kappa shape index (κ1) is 19.8. The average Bonchev–Trinajstić information content (AvgIpc) is 3.40. The maximum atomic E-state index is 12.5. The van der Waals surface area contributed by atoms with Gasteiger partial charge in [-0.05, 0) is 31.0 Å². The fraction of sp³-hybridized carbons (Fsp3) is 0.174. The van der Waals surface area contributed by atoms with Gasteiger partial charge in [-0.1, -0.05) is 42.5 Å². The van der Waals surface area contributed by atoms with Crippen LogP contribution in [0.1, 0.15) is 17.7 Å². The molecule has 0 aliphatic rings. The lowest BCUT2D eigenvalue weighted by Gasteiger charge is -2.07. The lowest BCUT2D eigenvalue weighted by Crippen LogP contribution is -2.15. The van der Waals surface area contributed by atoms with Gasteiger partial charge in [0.2, 0.25) is 11.0 Å². The zero-order chi connectivity index (χ0) is 20.9. The van der Waals surface area contributed by atoms with Crippen molar-refractivity contribution in [2.45, 2.75) is 19.8 Å². The fourth-order valence-corrected chi connectivity index (χ4v) is 3.91. The maximum absolute atomic E-state index is 12.5. The molecule has 0 spiro atoms. The molecule has 7 heteroatoms. The molecule has 1 amide bonds. The quantitative estimate of drug-likeness (QED) is 0.464. The molecule has 0 aliphatic carbocycles. The third-order valence-electron chi connectivity index (χ3n) is 4.62. The molecule has 2 aromatic carbocycles. The van der Waals surface area contributed by atoms with Gasteiger partial charge in [-0.2, -0.15) is 9.78 Å². The monoisotopic (exact) mass is 418 g/mol. The lowest BCUT2D eigenvalue weighted by molar-refractivity contribution is -0.116. The molecule has 0 saturated carbocycles. The van der Waals surface area contributed by atoms with Crippen LogP contribution in [-0.4, -0.2) is 27.8 Å². The highest BCUT2D eigenvalue weighted by molar-refractivity contribution is 7.12. The van der Waals surface area contributed by atoms with Crippen molar-refractivity contribution in [1.29, 1.82) is 0 Å². The van der Waals surface area contributed by atoms with Crippen LogP contribution in [0.3, 0.4) is 0 Å². The van der Waals surface area contributed by atoms with E-state index in [0.29, 0.717) is 23.8 Å². The highest BCUT2D eigenvalue weighted by Crippen LogP contribution is 2.28. The van der Waals surface area contributed by atoms with Crippen molar-refractivity contribution in [2.75, 3.05) is 12.4 Å². The molecule has 0 aliphatic heterocycles. The van der Waals surface area contributed by atoms with Gasteiger partial charge in [0.15, 0.2) is 0 Å². The Bertz CT molecular complexity index is 1150. The van der Waals surface area contributed by atoms with Crippen LogP contribution in [0.5, 0.6) is 5.75 Å². The Kier molecular flexibility index (Phi) is 5.90. The topological polar surface area (TPSA) is 69.0 Å². The number of hydrogen-bond acceptors (Lipinski definition) is 5. The molecule has 30 heavy (non-hydrogen) atoms. The number of nitrogens with one attached hydrogen (secondary N) is 1. The maximum Gasteiger partial charge on any atom is 0.225 e. The summed E-state index contributed by atoms with van der Waals surface area (Å²) in [5.41, 5.74) is 3.75. The summed E-state index contributed by atoms with van der Waals surface area (Å²) in [6.07, 6.45) is 1.10. The predicted octanol–water partition coefficient (Wildman–Crippen LogP) is 4.88. The molecule has 0 saturated heterocycles. The number of rotatable bonds is 7. The van der Waals surface area contributed by atoms with Crippen LogP contribution in [0.2, 0.25) is 0 Å². The highest BCUT2D eigenvalue weighted by Gasteiger charge is 2.15. The van der Waals surface area contributed by atoms with E-state index in [4.69, 9.17) is 9.72 Å². The van der Waals surface area contributed by atoms with E-state index >= 15 is 0 Å². The molecule has 6 nitrogen and oxygen atoms in total. The van der Waals surface area contributed by atoms with Crippen molar-refractivity contribution < 1.29 is 9.53 Å². The first-order valence-electron chi connectivity index (χ1n) is 9.63. The minimum atomic E-state index is -0.0513. The number of benzene rings is 2. The van der Waals surface area contributed by atoms with E-state index in [-0.39, 0.29) is 5.91 Å². The smallest absolute Gasteiger partial charge is 0.225 e. The minimum Gasteiger partial charge on any atom is -0.497 e. The summed E-state index contributed by atoms with van der Waals surface area (Å²) in [6.45, 7) is 1.90. The Morgan fingerprint density at radius 3 is 2.77 bits per heavy atom. The Labute approximate surface area is 179 Å². The number of aromatic nitrogens is 3. The molecule has 0 atom stereocenters. The van der Waals surface area contributed by atoms with Gasteiger partial charge in [0, 0.05) is 23.4 Å².